The highest BCUT2D eigenvalue weighted by atomic mass is 35.5. The van der Waals surface area contributed by atoms with E-state index in [9.17, 15) is 9.59 Å². The van der Waals surface area contributed by atoms with Gasteiger partial charge in [0, 0.05) is 16.4 Å². The van der Waals surface area contributed by atoms with E-state index in [1.54, 1.807) is 49.4 Å². The lowest BCUT2D eigenvalue weighted by atomic mass is 9.94. The number of allylic oxidation sites excluding steroid dienone is 1. The van der Waals surface area contributed by atoms with Gasteiger partial charge in [-0.1, -0.05) is 17.7 Å². The van der Waals surface area contributed by atoms with Crippen LogP contribution in [0.1, 0.15) is 18.5 Å². The number of ether oxygens (including phenoxy) is 2. The van der Waals surface area contributed by atoms with Gasteiger partial charge < -0.3 is 25.4 Å². The number of nitrogens with one attached hydrogen (secondary N) is 3. The zero-order valence-corrected chi connectivity index (χ0v) is 15.1. The fraction of sp³-hybridized carbons (Fsp3) is 0.158. The molecule has 0 bridgehead atoms. The summed E-state index contributed by atoms with van der Waals surface area (Å²) in [5.74, 6) is 0.882. The molecular weight excluding hydrogens is 370 g/mol. The highest BCUT2D eigenvalue weighted by molar-refractivity contribution is 6.30. The van der Waals surface area contributed by atoms with E-state index in [1.807, 2.05) is 0 Å². The summed E-state index contributed by atoms with van der Waals surface area (Å²) in [5.41, 5.74) is 2.21. The molecule has 2 aliphatic rings. The molecule has 0 aromatic heterocycles. The van der Waals surface area contributed by atoms with Crippen LogP contribution in [0.15, 0.2) is 53.7 Å². The Bertz CT molecular complexity index is 956. The summed E-state index contributed by atoms with van der Waals surface area (Å²) in [7, 11) is 0. The third-order valence-electron chi connectivity index (χ3n) is 4.35. The molecule has 8 heteroatoms. The fourth-order valence-corrected chi connectivity index (χ4v) is 3.20. The second kappa shape index (κ2) is 6.85. The first-order valence-electron chi connectivity index (χ1n) is 8.26. The van der Waals surface area contributed by atoms with Gasteiger partial charge in [0.1, 0.15) is 0 Å². The van der Waals surface area contributed by atoms with Gasteiger partial charge in [0.25, 0.3) is 5.91 Å². The molecule has 3 amide bonds. The zero-order valence-electron chi connectivity index (χ0n) is 14.3. The van der Waals surface area contributed by atoms with Gasteiger partial charge in [-0.3, -0.25) is 4.79 Å². The van der Waals surface area contributed by atoms with E-state index in [-0.39, 0.29) is 18.7 Å². The molecule has 27 heavy (non-hydrogen) atoms. The van der Waals surface area contributed by atoms with Crippen molar-refractivity contribution in [3.05, 3.63) is 64.3 Å². The maximum atomic E-state index is 12.9. The topological polar surface area (TPSA) is 88.7 Å². The fourth-order valence-electron chi connectivity index (χ4n) is 3.07. The van der Waals surface area contributed by atoms with Gasteiger partial charge in [0.15, 0.2) is 11.5 Å². The number of amides is 3. The molecule has 0 radical (unpaired) electrons. The quantitative estimate of drug-likeness (QED) is 0.756. The third-order valence-corrected chi connectivity index (χ3v) is 4.60. The van der Waals surface area contributed by atoms with E-state index in [2.05, 4.69) is 16.0 Å². The molecular formula is C19H16ClN3O4. The van der Waals surface area contributed by atoms with Gasteiger partial charge in [0.2, 0.25) is 6.79 Å². The van der Waals surface area contributed by atoms with Crippen LogP contribution in [0.5, 0.6) is 11.5 Å². The molecule has 0 saturated heterocycles. The largest absolute Gasteiger partial charge is 0.454 e. The second-order valence-corrected chi connectivity index (χ2v) is 6.58. The summed E-state index contributed by atoms with van der Waals surface area (Å²) in [6.07, 6.45) is 0. The van der Waals surface area contributed by atoms with Gasteiger partial charge in [-0.15, -0.1) is 0 Å². The Balaban J connectivity index is 1.67. The van der Waals surface area contributed by atoms with E-state index in [4.69, 9.17) is 21.1 Å². The Labute approximate surface area is 160 Å². The molecule has 0 fully saturated rings. The van der Waals surface area contributed by atoms with Gasteiger partial charge in [0.05, 0.1) is 11.6 Å². The van der Waals surface area contributed by atoms with Crippen LogP contribution in [0, 0.1) is 0 Å². The molecule has 2 aromatic rings. The summed E-state index contributed by atoms with van der Waals surface area (Å²) in [5, 5.41) is 8.85. The number of anilines is 1. The van der Waals surface area contributed by atoms with Crippen molar-refractivity contribution >= 4 is 29.2 Å². The first-order valence-corrected chi connectivity index (χ1v) is 8.64. The van der Waals surface area contributed by atoms with Crippen LogP contribution in [0.3, 0.4) is 0 Å². The number of carbonyl (C=O) groups excluding carboxylic acids is 2. The molecule has 4 rings (SSSR count). The maximum absolute atomic E-state index is 12.9. The van der Waals surface area contributed by atoms with Crippen LogP contribution in [0.25, 0.3) is 0 Å². The molecule has 2 aromatic carbocycles. The van der Waals surface area contributed by atoms with Crippen molar-refractivity contribution in [1.29, 1.82) is 0 Å². The van der Waals surface area contributed by atoms with Gasteiger partial charge >= 0.3 is 6.03 Å². The summed E-state index contributed by atoms with van der Waals surface area (Å²) < 4.78 is 10.7. The van der Waals surface area contributed by atoms with Crippen molar-refractivity contribution in [2.45, 2.75) is 13.0 Å². The van der Waals surface area contributed by atoms with Crippen molar-refractivity contribution in [3.8, 4) is 11.5 Å². The molecule has 0 aliphatic carbocycles. The highest BCUT2D eigenvalue weighted by Crippen LogP contribution is 2.37. The van der Waals surface area contributed by atoms with E-state index in [1.165, 1.54) is 0 Å². The predicted octanol–water partition coefficient (Wildman–Crippen LogP) is 3.34. The molecule has 0 saturated carbocycles. The normalized spacial score (nSPS) is 18.0. The van der Waals surface area contributed by atoms with Gasteiger partial charge in [-0.05, 0) is 48.9 Å². The Morgan fingerprint density at radius 1 is 1.15 bits per heavy atom. The van der Waals surface area contributed by atoms with Gasteiger partial charge in [-0.2, -0.15) is 0 Å². The van der Waals surface area contributed by atoms with E-state index >= 15 is 0 Å². The molecule has 138 valence electrons. The minimum absolute atomic E-state index is 0.149. The summed E-state index contributed by atoms with van der Waals surface area (Å²) in [4.78, 5) is 24.9. The number of urea groups is 1. The Kier molecular flexibility index (Phi) is 4.37. The first-order chi connectivity index (χ1) is 13.0. The third kappa shape index (κ3) is 3.41. The van der Waals surface area contributed by atoms with Crippen LogP contribution >= 0.6 is 11.6 Å². The van der Waals surface area contributed by atoms with Crippen LogP contribution in [-0.2, 0) is 4.79 Å². The summed E-state index contributed by atoms with van der Waals surface area (Å²) in [6, 6.07) is 11.1. The number of rotatable bonds is 3. The van der Waals surface area contributed by atoms with Gasteiger partial charge in [-0.25, -0.2) is 4.79 Å². The van der Waals surface area contributed by atoms with Crippen LogP contribution in [0.4, 0.5) is 10.5 Å². The summed E-state index contributed by atoms with van der Waals surface area (Å²) in [6.45, 7) is 1.84. The SMILES string of the molecule is CC1=C(C(=O)Nc2ccc(Cl)cc2)[C@@H](c2ccc3c(c2)OCO3)NC(=O)N1. The average Bonchev–Trinajstić information content (AvgIpc) is 3.10. The Morgan fingerprint density at radius 3 is 2.67 bits per heavy atom. The van der Waals surface area contributed by atoms with E-state index in [0.29, 0.717) is 33.5 Å². The lowest BCUT2D eigenvalue weighted by Gasteiger charge is -2.28. The van der Waals surface area contributed by atoms with Crippen LogP contribution in [0.2, 0.25) is 5.02 Å². The van der Waals surface area contributed by atoms with Crippen LogP contribution < -0.4 is 25.4 Å². The van der Waals surface area contributed by atoms with E-state index < -0.39 is 6.04 Å². The lowest BCUT2D eigenvalue weighted by Crippen LogP contribution is -2.45. The molecule has 0 spiro atoms. The standard InChI is InChI=1S/C19H16ClN3O4/c1-10-16(18(24)22-13-5-3-12(20)4-6-13)17(23-19(25)21-10)11-2-7-14-15(8-11)27-9-26-14/h2-8,17H,9H2,1H3,(H,22,24)(H2,21,23,25)/t17-/m1/s1. The van der Waals surface area contributed by atoms with Crippen molar-refractivity contribution in [2.75, 3.05) is 12.1 Å². The molecule has 1 atom stereocenters. The van der Waals surface area contributed by atoms with Crippen LogP contribution in [-0.4, -0.2) is 18.7 Å². The van der Waals surface area contributed by atoms with Crippen molar-refractivity contribution in [1.82, 2.24) is 10.6 Å². The number of benzene rings is 2. The number of halogens is 1. The zero-order chi connectivity index (χ0) is 19.0. The first kappa shape index (κ1) is 17.2. The minimum Gasteiger partial charge on any atom is -0.454 e. The van der Waals surface area contributed by atoms with Crippen molar-refractivity contribution in [3.63, 3.8) is 0 Å². The second-order valence-electron chi connectivity index (χ2n) is 6.14. The molecule has 0 unspecified atom stereocenters. The Morgan fingerprint density at radius 2 is 1.89 bits per heavy atom. The predicted molar refractivity (Wildman–Crippen MR) is 99.8 cm³/mol. The molecule has 2 heterocycles. The maximum Gasteiger partial charge on any atom is 0.319 e. The number of carbonyl (C=O) groups is 2. The monoisotopic (exact) mass is 385 g/mol. The molecule has 7 nitrogen and oxygen atoms in total. The highest BCUT2D eigenvalue weighted by Gasteiger charge is 2.32. The van der Waals surface area contributed by atoms with Crippen molar-refractivity contribution < 1.29 is 19.1 Å². The van der Waals surface area contributed by atoms with E-state index in [0.717, 1.165) is 5.56 Å². The summed E-state index contributed by atoms with van der Waals surface area (Å²) >= 11 is 5.88. The Hall–Kier alpha value is -3.19. The number of hydrogen-bond donors (Lipinski definition) is 3. The molecule has 3 N–H and O–H groups in total. The average molecular weight is 386 g/mol. The number of fused-ring (bicyclic) bond motifs is 1. The lowest BCUT2D eigenvalue weighted by molar-refractivity contribution is -0.113. The number of hydrogen-bond acceptors (Lipinski definition) is 4. The van der Waals surface area contributed by atoms with Crippen molar-refractivity contribution in [2.24, 2.45) is 0 Å². The smallest absolute Gasteiger partial charge is 0.319 e. The molecule has 2 aliphatic heterocycles. The minimum atomic E-state index is -0.624.